The molecule has 13 nitrogen and oxygen atoms in total. The van der Waals surface area contributed by atoms with E-state index in [1.54, 1.807) is 12.1 Å². The summed E-state index contributed by atoms with van der Waals surface area (Å²) in [6.07, 6.45) is -4.73. The molecular formula is C20H25ClFN5O8P2. The van der Waals surface area contributed by atoms with Crippen molar-refractivity contribution in [2.45, 2.75) is 43.9 Å². The van der Waals surface area contributed by atoms with Crippen LogP contribution < -0.4 is 5.32 Å². The second-order valence-electron chi connectivity index (χ2n) is 8.79. The van der Waals surface area contributed by atoms with E-state index in [9.17, 15) is 28.6 Å². The lowest BCUT2D eigenvalue weighted by Gasteiger charge is -2.18. The van der Waals surface area contributed by atoms with Crippen LogP contribution in [0.1, 0.15) is 31.2 Å². The highest BCUT2D eigenvalue weighted by molar-refractivity contribution is 7.72. The highest BCUT2D eigenvalue weighted by Crippen LogP contribution is 2.55. The predicted molar refractivity (Wildman–Crippen MR) is 131 cm³/mol. The van der Waals surface area contributed by atoms with E-state index < -0.39 is 51.6 Å². The molecule has 0 spiro atoms. The van der Waals surface area contributed by atoms with Crippen LogP contribution in [0.4, 0.5) is 10.2 Å². The molecule has 17 heteroatoms. The lowest BCUT2D eigenvalue weighted by Crippen LogP contribution is -2.32. The van der Waals surface area contributed by atoms with Crippen LogP contribution in [0, 0.1) is 5.82 Å². The van der Waals surface area contributed by atoms with Crippen LogP contribution in [0.2, 0.25) is 5.28 Å². The smallest absolute Gasteiger partial charge is 0.335 e. The molecule has 1 saturated heterocycles. The minimum absolute atomic E-state index is 0.147. The highest BCUT2D eigenvalue weighted by atomic mass is 35.5. The fraction of sp³-hybridized carbons (Fsp3) is 0.450. The van der Waals surface area contributed by atoms with Crippen LogP contribution >= 0.6 is 26.6 Å². The van der Waals surface area contributed by atoms with Gasteiger partial charge in [0.25, 0.3) is 0 Å². The number of anilines is 1. The summed E-state index contributed by atoms with van der Waals surface area (Å²) in [4.78, 5) is 40.5. The number of ether oxygens (including phenoxy) is 1. The van der Waals surface area contributed by atoms with Crippen molar-refractivity contribution in [2.75, 3.05) is 17.4 Å². The molecule has 3 heterocycles. The van der Waals surface area contributed by atoms with E-state index in [1.165, 1.54) is 23.0 Å². The van der Waals surface area contributed by atoms with Gasteiger partial charge in [-0.05, 0) is 42.6 Å². The average molecular weight is 580 g/mol. The van der Waals surface area contributed by atoms with Gasteiger partial charge in [-0.15, -0.1) is 0 Å². The Balaban J connectivity index is 1.55. The molecule has 6 atom stereocenters. The topological polar surface area (TPSA) is 200 Å². The first-order valence-electron chi connectivity index (χ1n) is 11.0. The van der Waals surface area contributed by atoms with Gasteiger partial charge in [0.15, 0.2) is 23.2 Å². The molecule has 37 heavy (non-hydrogen) atoms. The van der Waals surface area contributed by atoms with Crippen LogP contribution in [0.25, 0.3) is 11.2 Å². The van der Waals surface area contributed by atoms with E-state index in [0.717, 1.165) is 5.56 Å². The van der Waals surface area contributed by atoms with Gasteiger partial charge in [-0.1, -0.05) is 12.1 Å². The maximum Gasteiger partial charge on any atom is 0.335 e. The molecule has 0 saturated carbocycles. The second kappa shape index (κ2) is 10.6. The third-order valence-corrected chi connectivity index (χ3v) is 10.3. The number of aliphatic hydroxyl groups is 2. The molecular weight excluding hydrogens is 555 g/mol. The number of benzene rings is 1. The average Bonchev–Trinajstić information content (AvgIpc) is 3.32. The summed E-state index contributed by atoms with van der Waals surface area (Å²) in [5, 5.41) is 24.1. The Morgan fingerprint density at radius 2 is 1.84 bits per heavy atom. The molecule has 5 unspecified atom stereocenters. The molecule has 202 valence electrons. The Kier molecular flexibility index (Phi) is 8.06. The summed E-state index contributed by atoms with van der Waals surface area (Å²) < 4.78 is 43.6. The highest BCUT2D eigenvalue weighted by Gasteiger charge is 2.45. The largest absolute Gasteiger partial charge is 0.388 e. The summed E-state index contributed by atoms with van der Waals surface area (Å²) in [7, 11) is -8.93. The van der Waals surface area contributed by atoms with Crippen molar-refractivity contribution in [3.05, 3.63) is 47.3 Å². The second-order valence-corrected chi connectivity index (χ2v) is 13.7. The SMILES string of the molecule is C[C@H](Nc1nc(Cl)nc2c1ncn2C1OC(CCP(=O)(O)CP(=O)(O)O)C(O)C1O)c1ccc(F)cc1. The van der Waals surface area contributed by atoms with Crippen molar-refractivity contribution in [1.29, 1.82) is 0 Å². The van der Waals surface area contributed by atoms with Gasteiger partial charge in [0.2, 0.25) is 12.7 Å². The first-order chi connectivity index (χ1) is 17.2. The number of hydrogen-bond acceptors (Lipinski definition) is 9. The molecule has 1 aromatic carbocycles. The van der Waals surface area contributed by atoms with Gasteiger partial charge in [0.1, 0.15) is 23.9 Å². The van der Waals surface area contributed by atoms with E-state index in [0.29, 0.717) is 0 Å². The van der Waals surface area contributed by atoms with Gasteiger partial charge < -0.3 is 34.9 Å². The van der Waals surface area contributed by atoms with E-state index in [-0.39, 0.29) is 40.5 Å². The Hall–Kier alpha value is -1.99. The molecule has 4 rings (SSSR count). The van der Waals surface area contributed by atoms with Gasteiger partial charge in [-0.2, -0.15) is 9.97 Å². The monoisotopic (exact) mass is 579 g/mol. The molecule has 0 aliphatic carbocycles. The Morgan fingerprint density at radius 1 is 1.16 bits per heavy atom. The fourth-order valence-electron chi connectivity index (χ4n) is 4.10. The van der Waals surface area contributed by atoms with Crippen molar-refractivity contribution in [3.8, 4) is 0 Å². The standard InChI is InChI=1S/C20H25ClFN5O8P2/c1-10(11-2-4-12(22)5-3-11)24-17-14-18(26-20(21)25-17)27(8-23-14)19-16(29)15(28)13(35-19)6-7-36(30,31)9-37(32,33)34/h2-5,8,10,13,15-16,19,28-29H,6-7,9H2,1H3,(H,30,31)(H,24,25,26)(H2,32,33,34)/t10-,13?,15?,16?,19?/m0/s1. The van der Waals surface area contributed by atoms with Crippen LogP contribution in [-0.2, 0) is 13.9 Å². The van der Waals surface area contributed by atoms with Gasteiger partial charge in [0, 0.05) is 6.16 Å². The number of aliphatic hydroxyl groups excluding tert-OH is 2. The fourth-order valence-corrected chi connectivity index (χ4v) is 7.79. The number of nitrogens with one attached hydrogen (secondary N) is 1. The Morgan fingerprint density at radius 3 is 2.49 bits per heavy atom. The number of halogens is 2. The molecule has 1 aliphatic heterocycles. The number of nitrogens with zero attached hydrogens (tertiary/aromatic N) is 4. The first-order valence-corrected chi connectivity index (χ1v) is 15.2. The van der Waals surface area contributed by atoms with Crippen LogP contribution in [0.5, 0.6) is 0 Å². The van der Waals surface area contributed by atoms with Gasteiger partial charge >= 0.3 is 7.60 Å². The lowest BCUT2D eigenvalue weighted by molar-refractivity contribution is -0.0354. The number of imidazole rings is 1. The summed E-state index contributed by atoms with van der Waals surface area (Å²) in [5.74, 6) is -1.31. The maximum atomic E-state index is 13.3. The van der Waals surface area contributed by atoms with Crippen molar-refractivity contribution in [3.63, 3.8) is 0 Å². The zero-order chi connectivity index (χ0) is 27.1. The zero-order valence-electron chi connectivity index (χ0n) is 19.3. The normalized spacial score (nSPS) is 24.8. The molecule has 1 aliphatic rings. The van der Waals surface area contributed by atoms with Crippen molar-refractivity contribution in [2.24, 2.45) is 0 Å². The number of fused-ring (bicyclic) bond motifs is 1. The number of aromatic nitrogens is 4. The quantitative estimate of drug-likeness (QED) is 0.160. The maximum absolute atomic E-state index is 13.3. The Labute approximate surface area is 214 Å². The zero-order valence-corrected chi connectivity index (χ0v) is 21.8. The van der Waals surface area contributed by atoms with Crippen molar-refractivity contribution >= 4 is 43.5 Å². The van der Waals surface area contributed by atoms with E-state index in [4.69, 9.17) is 26.1 Å². The van der Waals surface area contributed by atoms with Crippen molar-refractivity contribution in [1.82, 2.24) is 19.5 Å². The minimum Gasteiger partial charge on any atom is -0.388 e. The third kappa shape index (κ3) is 6.54. The van der Waals surface area contributed by atoms with Gasteiger partial charge in [-0.3, -0.25) is 13.7 Å². The molecule has 0 bridgehead atoms. The van der Waals surface area contributed by atoms with Crippen LogP contribution in [0.15, 0.2) is 30.6 Å². The Bertz CT molecular complexity index is 1370. The minimum atomic E-state index is -4.72. The molecule has 6 N–H and O–H groups in total. The lowest BCUT2D eigenvalue weighted by atomic mass is 10.1. The van der Waals surface area contributed by atoms with Gasteiger partial charge in [0.05, 0.1) is 18.5 Å². The first kappa shape index (κ1) is 28.0. The number of hydrogen-bond donors (Lipinski definition) is 6. The molecule has 3 aromatic rings. The molecule has 0 radical (unpaired) electrons. The number of rotatable bonds is 9. The molecule has 1 fully saturated rings. The summed E-state index contributed by atoms with van der Waals surface area (Å²) in [5.41, 5.74) is 1.21. The van der Waals surface area contributed by atoms with Crippen LogP contribution in [0.3, 0.4) is 0 Å². The third-order valence-electron chi connectivity index (χ3n) is 5.90. The van der Waals surface area contributed by atoms with Crippen molar-refractivity contribution < 1.29 is 43.2 Å². The molecule has 2 aromatic heterocycles. The van der Waals surface area contributed by atoms with E-state index >= 15 is 0 Å². The summed E-state index contributed by atoms with van der Waals surface area (Å²) in [6, 6.07) is 5.56. The predicted octanol–water partition coefficient (Wildman–Crippen LogP) is 2.21. The summed E-state index contributed by atoms with van der Waals surface area (Å²) >= 11 is 6.13. The van der Waals surface area contributed by atoms with Crippen LogP contribution in [-0.4, -0.2) is 74.8 Å². The van der Waals surface area contributed by atoms with E-state index in [2.05, 4.69) is 20.3 Å². The van der Waals surface area contributed by atoms with E-state index in [1.807, 2.05) is 6.92 Å². The molecule has 0 amide bonds. The summed E-state index contributed by atoms with van der Waals surface area (Å²) in [6.45, 7) is 1.82. The van der Waals surface area contributed by atoms with Gasteiger partial charge in [-0.25, -0.2) is 9.37 Å².